The summed E-state index contributed by atoms with van der Waals surface area (Å²) in [7, 11) is 0. The molecule has 2 rings (SSSR count). The van der Waals surface area contributed by atoms with Gasteiger partial charge < -0.3 is 20.1 Å². The Bertz CT molecular complexity index is 1090. The summed E-state index contributed by atoms with van der Waals surface area (Å²) in [4.78, 5) is 51.8. The molecule has 0 aromatic heterocycles. The van der Waals surface area contributed by atoms with Gasteiger partial charge in [-0.25, -0.2) is 4.79 Å². The number of hydrogen-bond donors (Lipinski definition) is 2. The lowest BCUT2D eigenvalue weighted by Gasteiger charge is -2.33. The van der Waals surface area contributed by atoms with E-state index in [1.165, 1.54) is 0 Å². The van der Waals surface area contributed by atoms with Crippen LogP contribution in [0.5, 0.6) is 0 Å². The second kappa shape index (κ2) is 14.9. The maximum atomic E-state index is 14.0. The first-order chi connectivity index (χ1) is 18.4. The van der Waals surface area contributed by atoms with Gasteiger partial charge in [0.05, 0.1) is 18.6 Å². The van der Waals surface area contributed by atoms with Crippen LogP contribution in [-0.4, -0.2) is 49.1 Å². The van der Waals surface area contributed by atoms with Crippen LogP contribution in [-0.2, 0) is 34.1 Å². The second-order valence-electron chi connectivity index (χ2n) is 9.49. The first kappa shape index (κ1) is 32.1. The highest BCUT2D eigenvalue weighted by Crippen LogP contribution is 2.34. The van der Waals surface area contributed by atoms with E-state index >= 15 is 0 Å². The van der Waals surface area contributed by atoms with Gasteiger partial charge in [0.25, 0.3) is 0 Å². The van der Waals surface area contributed by atoms with E-state index in [2.05, 4.69) is 10.6 Å². The average molecular weight is 580 g/mol. The van der Waals surface area contributed by atoms with Crippen molar-refractivity contribution in [3.63, 3.8) is 0 Å². The molecule has 0 aliphatic carbocycles. The summed E-state index contributed by atoms with van der Waals surface area (Å²) >= 11 is 12.2. The number of hydrogen-bond acceptors (Lipinski definition) is 6. The van der Waals surface area contributed by atoms with Gasteiger partial charge in [-0.1, -0.05) is 61.3 Å². The van der Waals surface area contributed by atoms with E-state index in [0.717, 1.165) is 0 Å². The van der Waals surface area contributed by atoms with Gasteiger partial charge >= 0.3 is 11.9 Å². The summed E-state index contributed by atoms with van der Waals surface area (Å²) in [5, 5.41) is 6.58. The number of rotatable bonds is 13. The predicted molar refractivity (Wildman–Crippen MR) is 151 cm³/mol. The maximum Gasteiger partial charge on any atom is 0.328 e. The third-order valence-corrected chi connectivity index (χ3v) is 6.87. The van der Waals surface area contributed by atoms with Crippen molar-refractivity contribution >= 4 is 47.0 Å². The van der Waals surface area contributed by atoms with Crippen LogP contribution >= 0.6 is 23.2 Å². The van der Waals surface area contributed by atoms with Crippen LogP contribution in [0.25, 0.3) is 0 Å². The number of amides is 2. The molecule has 2 amide bonds. The Hall–Kier alpha value is -3.10. The molecular formula is C29H36Cl2N2O6. The summed E-state index contributed by atoms with van der Waals surface area (Å²) in [5.74, 6) is -2.50. The zero-order chi connectivity index (χ0) is 29.2. The molecule has 0 saturated carbocycles. The van der Waals surface area contributed by atoms with Crippen LogP contribution in [0.2, 0.25) is 10.0 Å². The minimum atomic E-state index is -1.20. The van der Waals surface area contributed by atoms with Crippen molar-refractivity contribution in [1.82, 2.24) is 10.6 Å². The van der Waals surface area contributed by atoms with Crippen molar-refractivity contribution in [2.24, 2.45) is 5.92 Å². The van der Waals surface area contributed by atoms with E-state index < -0.39 is 41.3 Å². The fraction of sp³-hybridized carbons (Fsp3) is 0.448. The van der Waals surface area contributed by atoms with Crippen LogP contribution in [0.15, 0.2) is 48.5 Å². The quantitative estimate of drug-likeness (QED) is 0.329. The van der Waals surface area contributed by atoms with E-state index in [0.29, 0.717) is 21.2 Å². The van der Waals surface area contributed by atoms with E-state index in [4.69, 9.17) is 32.7 Å². The minimum absolute atomic E-state index is 0.00453. The first-order valence-corrected chi connectivity index (χ1v) is 13.6. The van der Waals surface area contributed by atoms with Gasteiger partial charge in [0.2, 0.25) is 11.8 Å². The van der Waals surface area contributed by atoms with Crippen molar-refractivity contribution in [2.75, 3.05) is 13.2 Å². The molecule has 0 aliphatic heterocycles. The van der Waals surface area contributed by atoms with Gasteiger partial charge in [-0.05, 0) is 68.5 Å². The molecule has 8 nitrogen and oxygen atoms in total. The van der Waals surface area contributed by atoms with Crippen molar-refractivity contribution in [3.05, 3.63) is 69.7 Å². The first-order valence-electron chi connectivity index (χ1n) is 12.9. The Morgan fingerprint density at radius 1 is 0.821 bits per heavy atom. The molecule has 2 aromatic rings. The number of halogens is 2. The SMILES string of the molecule is CCOC(=O)CC[C@@H](NC(=O)[C@@H](NC(=O)C(C)(c1ccc(Cl)cc1)c1ccc(Cl)cc1)C(C)C)C(=O)OCC. The molecule has 0 radical (unpaired) electrons. The highest BCUT2D eigenvalue weighted by molar-refractivity contribution is 6.30. The van der Waals surface area contributed by atoms with E-state index in [1.807, 2.05) is 0 Å². The fourth-order valence-electron chi connectivity index (χ4n) is 4.06. The summed E-state index contributed by atoms with van der Waals surface area (Å²) in [5.41, 5.74) is 0.120. The number of carbonyl (C=O) groups is 4. The molecule has 0 saturated heterocycles. The summed E-state index contributed by atoms with van der Waals surface area (Å²) in [6, 6.07) is 11.7. The zero-order valence-corrected chi connectivity index (χ0v) is 24.4. The van der Waals surface area contributed by atoms with Gasteiger partial charge in [-0.3, -0.25) is 14.4 Å². The number of nitrogens with one attached hydrogen (secondary N) is 2. The zero-order valence-electron chi connectivity index (χ0n) is 22.9. The van der Waals surface area contributed by atoms with Crippen molar-refractivity contribution in [2.45, 2.75) is 65.0 Å². The van der Waals surface area contributed by atoms with Crippen LogP contribution < -0.4 is 10.6 Å². The smallest absolute Gasteiger partial charge is 0.328 e. The van der Waals surface area contributed by atoms with Gasteiger partial charge in [-0.2, -0.15) is 0 Å². The summed E-state index contributed by atoms with van der Waals surface area (Å²) in [6.07, 6.45) is -0.0864. The Balaban J connectivity index is 2.35. The highest BCUT2D eigenvalue weighted by atomic mass is 35.5. The molecule has 2 aromatic carbocycles. The molecule has 0 spiro atoms. The summed E-state index contributed by atoms with van der Waals surface area (Å²) < 4.78 is 10.0. The number of carbonyl (C=O) groups excluding carboxylic acids is 4. The lowest BCUT2D eigenvalue weighted by atomic mass is 9.75. The van der Waals surface area contributed by atoms with Crippen LogP contribution in [0.4, 0.5) is 0 Å². The molecule has 2 atom stereocenters. The molecule has 212 valence electrons. The largest absolute Gasteiger partial charge is 0.466 e. The number of ether oxygens (including phenoxy) is 2. The van der Waals surface area contributed by atoms with E-state index in [9.17, 15) is 19.2 Å². The van der Waals surface area contributed by atoms with Gasteiger partial charge in [0, 0.05) is 16.5 Å². The molecule has 0 unspecified atom stereocenters. The maximum absolute atomic E-state index is 14.0. The normalized spacial score (nSPS) is 12.8. The molecule has 0 bridgehead atoms. The van der Waals surface area contributed by atoms with Gasteiger partial charge in [-0.15, -0.1) is 0 Å². The lowest BCUT2D eigenvalue weighted by Crippen LogP contribution is -2.57. The predicted octanol–water partition coefficient (Wildman–Crippen LogP) is 4.83. The third kappa shape index (κ3) is 8.70. The Labute approximate surface area is 239 Å². The van der Waals surface area contributed by atoms with Crippen LogP contribution in [0.3, 0.4) is 0 Å². The van der Waals surface area contributed by atoms with Gasteiger partial charge in [0.15, 0.2) is 0 Å². The van der Waals surface area contributed by atoms with Crippen molar-refractivity contribution in [3.8, 4) is 0 Å². The molecular weight excluding hydrogens is 543 g/mol. The average Bonchev–Trinajstić information content (AvgIpc) is 2.89. The highest BCUT2D eigenvalue weighted by Gasteiger charge is 2.40. The molecule has 39 heavy (non-hydrogen) atoms. The van der Waals surface area contributed by atoms with Crippen LogP contribution in [0.1, 0.15) is 58.6 Å². The standard InChI is InChI=1S/C29H36Cl2N2O6/c1-6-38-24(34)17-16-23(27(36)39-7-2)32-26(35)25(18(3)4)33-28(37)29(5,19-8-12-21(30)13-9-19)20-10-14-22(31)15-11-20/h8-15,18,23,25H,6-7,16-17H2,1-5H3,(H,32,35)(H,33,37)/t23-,25+/m1/s1. The molecule has 0 heterocycles. The van der Waals surface area contributed by atoms with Crippen molar-refractivity contribution in [1.29, 1.82) is 0 Å². The number of esters is 2. The van der Waals surface area contributed by atoms with Crippen molar-refractivity contribution < 1.29 is 28.7 Å². The van der Waals surface area contributed by atoms with Gasteiger partial charge in [0.1, 0.15) is 12.1 Å². The third-order valence-electron chi connectivity index (χ3n) is 6.36. The van der Waals surface area contributed by atoms with Crippen LogP contribution in [0, 0.1) is 5.92 Å². The lowest BCUT2D eigenvalue weighted by molar-refractivity contribution is -0.149. The monoisotopic (exact) mass is 578 g/mol. The second-order valence-corrected chi connectivity index (χ2v) is 10.4. The molecule has 10 heteroatoms. The minimum Gasteiger partial charge on any atom is -0.466 e. The topological polar surface area (TPSA) is 111 Å². The Morgan fingerprint density at radius 3 is 1.74 bits per heavy atom. The molecule has 0 aliphatic rings. The number of benzene rings is 2. The Kier molecular flexibility index (Phi) is 12.3. The molecule has 2 N–H and O–H groups in total. The summed E-state index contributed by atoms with van der Waals surface area (Å²) in [6.45, 7) is 8.96. The van der Waals surface area contributed by atoms with E-state index in [-0.39, 0.29) is 32.0 Å². The van der Waals surface area contributed by atoms with E-state index in [1.54, 1.807) is 83.1 Å². The fourth-order valence-corrected chi connectivity index (χ4v) is 4.32. The molecule has 0 fully saturated rings. The Morgan fingerprint density at radius 2 is 1.31 bits per heavy atom.